The first-order valence-corrected chi connectivity index (χ1v) is 12.4. The molecule has 30 heavy (non-hydrogen) atoms. The van der Waals surface area contributed by atoms with Crippen LogP contribution in [0.5, 0.6) is 0 Å². The van der Waals surface area contributed by atoms with Crippen LogP contribution in [0.4, 0.5) is 0 Å². The molecule has 0 aliphatic heterocycles. The molecule has 4 saturated carbocycles. The monoisotopic (exact) mass is 409 g/mol. The Kier molecular flexibility index (Phi) is 6.37. The Hall–Kier alpha value is -1.63. The lowest BCUT2D eigenvalue weighted by atomic mass is 9.49. The van der Waals surface area contributed by atoms with Crippen LogP contribution in [-0.2, 0) is 4.79 Å². The molecule has 0 heterocycles. The second kappa shape index (κ2) is 8.85. The van der Waals surface area contributed by atoms with Crippen molar-refractivity contribution in [2.45, 2.75) is 78.1 Å². The summed E-state index contributed by atoms with van der Waals surface area (Å²) >= 11 is 0. The third-order valence-electron chi connectivity index (χ3n) is 9.61. The van der Waals surface area contributed by atoms with Gasteiger partial charge in [0.2, 0.25) is 0 Å². The third-order valence-corrected chi connectivity index (χ3v) is 9.61. The number of hydrogen-bond donors (Lipinski definition) is 2. The Morgan fingerprint density at radius 2 is 1.93 bits per heavy atom. The highest BCUT2D eigenvalue weighted by atomic mass is 16.1. The van der Waals surface area contributed by atoms with E-state index in [2.05, 4.69) is 19.2 Å². The summed E-state index contributed by atoms with van der Waals surface area (Å²) in [7, 11) is 0. The Labute approximate surface area is 182 Å². The Morgan fingerprint density at radius 1 is 1.13 bits per heavy atom. The lowest BCUT2D eigenvalue weighted by molar-refractivity contribution is -0.130. The van der Waals surface area contributed by atoms with E-state index in [-0.39, 0.29) is 17.0 Å². The first-order chi connectivity index (χ1) is 14.4. The molecule has 4 aliphatic carbocycles. The summed E-state index contributed by atoms with van der Waals surface area (Å²) < 4.78 is 0. The van der Waals surface area contributed by atoms with Gasteiger partial charge in [0.25, 0.3) is 0 Å². The highest BCUT2D eigenvalue weighted by Gasteiger charge is 2.58. The van der Waals surface area contributed by atoms with Gasteiger partial charge in [-0.1, -0.05) is 20.3 Å². The van der Waals surface area contributed by atoms with Crippen molar-refractivity contribution in [2.24, 2.45) is 46.8 Å². The summed E-state index contributed by atoms with van der Waals surface area (Å²) in [5.41, 5.74) is 0.144. The molecule has 4 fully saturated rings. The van der Waals surface area contributed by atoms with Crippen molar-refractivity contribution in [2.75, 3.05) is 6.54 Å². The van der Waals surface area contributed by atoms with Crippen LogP contribution in [-0.4, -0.2) is 18.0 Å². The number of carbonyl (C=O) groups is 1. The van der Waals surface area contributed by atoms with Gasteiger partial charge in [-0.05, 0) is 105 Å². The van der Waals surface area contributed by atoms with Crippen LogP contribution in [0.25, 0.3) is 0 Å². The molecule has 4 rings (SSSR count). The SMILES string of the molecule is CC1CCC2C(CCC3C2CCC2(C)C(C(=O)CCN/C=C\C(=N)C#N)CCC32)C1. The van der Waals surface area contributed by atoms with Crippen LogP contribution in [0.1, 0.15) is 78.1 Å². The fraction of sp³-hybridized carbons (Fsp3) is 0.808. The number of fused-ring (bicyclic) bond motifs is 5. The van der Waals surface area contributed by atoms with Gasteiger partial charge in [-0.25, -0.2) is 0 Å². The molecule has 0 aromatic carbocycles. The van der Waals surface area contributed by atoms with Gasteiger partial charge in [0.15, 0.2) is 0 Å². The number of hydrogen-bond acceptors (Lipinski definition) is 4. The molecule has 0 amide bonds. The summed E-state index contributed by atoms with van der Waals surface area (Å²) in [5.74, 6) is 6.11. The third kappa shape index (κ3) is 3.97. The molecule has 164 valence electrons. The number of rotatable bonds is 6. The lowest BCUT2D eigenvalue weighted by Gasteiger charge is -2.56. The average molecular weight is 410 g/mol. The van der Waals surface area contributed by atoms with Gasteiger partial charge in [-0.15, -0.1) is 0 Å². The number of Topliss-reactive ketones (excluding diaryl/α,β-unsaturated/α-hetero) is 1. The van der Waals surface area contributed by atoms with E-state index >= 15 is 0 Å². The Morgan fingerprint density at radius 3 is 2.73 bits per heavy atom. The van der Waals surface area contributed by atoms with Crippen LogP contribution in [0.2, 0.25) is 0 Å². The first kappa shape index (κ1) is 21.6. The second-order valence-corrected chi connectivity index (χ2v) is 11.1. The molecule has 4 nitrogen and oxygen atoms in total. The summed E-state index contributed by atoms with van der Waals surface area (Å²) in [4.78, 5) is 13.1. The fourth-order valence-corrected chi connectivity index (χ4v) is 8.25. The standard InChI is InChI=1S/C26H39N3O/c1-17-3-5-20-18(15-17)4-6-22-21(20)9-12-26(2)23(22)7-8-24(26)25(30)11-14-29-13-10-19(28)16-27/h10,13,17-18,20-24,28-29H,3-9,11-12,14-15H2,1-2H3/b13-10-,28-19?. The quantitative estimate of drug-likeness (QED) is 0.449. The van der Waals surface area contributed by atoms with Gasteiger partial charge < -0.3 is 5.32 Å². The predicted octanol–water partition coefficient (Wildman–Crippen LogP) is 5.50. The van der Waals surface area contributed by atoms with Crippen molar-refractivity contribution < 1.29 is 4.79 Å². The zero-order valence-electron chi connectivity index (χ0n) is 18.8. The zero-order valence-corrected chi connectivity index (χ0v) is 18.8. The van der Waals surface area contributed by atoms with E-state index in [1.807, 2.05) is 0 Å². The van der Waals surface area contributed by atoms with Crippen molar-refractivity contribution in [3.63, 3.8) is 0 Å². The smallest absolute Gasteiger partial charge is 0.138 e. The van der Waals surface area contributed by atoms with E-state index in [0.717, 1.165) is 41.9 Å². The summed E-state index contributed by atoms with van der Waals surface area (Å²) in [6.07, 6.45) is 15.8. The maximum absolute atomic E-state index is 13.1. The van der Waals surface area contributed by atoms with Crippen molar-refractivity contribution in [1.82, 2.24) is 5.32 Å². The van der Waals surface area contributed by atoms with E-state index < -0.39 is 0 Å². The number of allylic oxidation sites excluding steroid dienone is 1. The van der Waals surface area contributed by atoms with Gasteiger partial charge in [-0.2, -0.15) is 5.26 Å². The predicted molar refractivity (Wildman–Crippen MR) is 120 cm³/mol. The van der Waals surface area contributed by atoms with Crippen molar-refractivity contribution >= 4 is 11.5 Å². The minimum absolute atomic E-state index is 0.0705. The molecule has 4 heteroatoms. The number of ketones is 1. The van der Waals surface area contributed by atoms with E-state index in [0.29, 0.717) is 18.7 Å². The molecular formula is C26H39N3O. The highest BCUT2D eigenvalue weighted by Crippen LogP contribution is 2.64. The summed E-state index contributed by atoms with van der Waals surface area (Å²) in [5, 5.41) is 19.0. The number of carbonyl (C=O) groups excluding carboxylic acids is 1. The van der Waals surface area contributed by atoms with Gasteiger partial charge in [-0.3, -0.25) is 10.2 Å². The molecular weight excluding hydrogens is 370 g/mol. The van der Waals surface area contributed by atoms with Crippen LogP contribution in [0.3, 0.4) is 0 Å². The van der Waals surface area contributed by atoms with Crippen molar-refractivity contribution in [3.8, 4) is 6.07 Å². The van der Waals surface area contributed by atoms with Crippen LogP contribution in [0, 0.1) is 63.6 Å². The van der Waals surface area contributed by atoms with Crippen LogP contribution >= 0.6 is 0 Å². The lowest BCUT2D eigenvalue weighted by Crippen LogP contribution is -2.49. The zero-order chi connectivity index (χ0) is 21.3. The Bertz CT molecular complexity index is 737. The van der Waals surface area contributed by atoms with E-state index in [4.69, 9.17) is 10.7 Å². The molecule has 0 spiro atoms. The van der Waals surface area contributed by atoms with E-state index in [1.54, 1.807) is 12.3 Å². The summed E-state index contributed by atoms with van der Waals surface area (Å²) in [6.45, 7) is 5.49. The highest BCUT2D eigenvalue weighted by molar-refractivity contribution is 6.04. The number of nitrogens with zero attached hydrogens (tertiary/aromatic N) is 1. The van der Waals surface area contributed by atoms with Gasteiger partial charge in [0.1, 0.15) is 17.6 Å². The molecule has 4 aliphatic rings. The average Bonchev–Trinajstić information content (AvgIpc) is 3.10. The van der Waals surface area contributed by atoms with Gasteiger partial charge in [0.05, 0.1) is 0 Å². The van der Waals surface area contributed by atoms with Crippen LogP contribution in [0.15, 0.2) is 12.3 Å². The van der Waals surface area contributed by atoms with E-state index in [9.17, 15) is 4.79 Å². The van der Waals surface area contributed by atoms with Crippen LogP contribution < -0.4 is 5.32 Å². The molecule has 0 radical (unpaired) electrons. The van der Waals surface area contributed by atoms with E-state index in [1.165, 1.54) is 57.4 Å². The van der Waals surface area contributed by atoms with Crippen molar-refractivity contribution in [1.29, 1.82) is 10.7 Å². The van der Waals surface area contributed by atoms with Gasteiger partial charge >= 0.3 is 0 Å². The maximum atomic E-state index is 13.1. The molecule has 0 saturated heterocycles. The molecule has 2 N–H and O–H groups in total. The molecule has 8 atom stereocenters. The number of nitrogens with one attached hydrogen (secondary N) is 2. The Balaban J connectivity index is 1.35. The minimum atomic E-state index is -0.0705. The van der Waals surface area contributed by atoms with Crippen molar-refractivity contribution in [3.05, 3.63) is 12.3 Å². The first-order valence-electron chi connectivity index (χ1n) is 12.4. The minimum Gasteiger partial charge on any atom is -0.390 e. The maximum Gasteiger partial charge on any atom is 0.138 e. The largest absolute Gasteiger partial charge is 0.390 e. The normalized spacial score (nSPS) is 42.6. The molecule has 0 bridgehead atoms. The molecule has 0 aromatic rings. The summed E-state index contributed by atoms with van der Waals surface area (Å²) in [6, 6.07) is 1.78. The second-order valence-electron chi connectivity index (χ2n) is 11.1. The molecule has 0 aromatic heterocycles. The fourth-order valence-electron chi connectivity index (χ4n) is 8.25. The number of nitriles is 1. The topological polar surface area (TPSA) is 76.7 Å². The molecule has 8 unspecified atom stereocenters. The van der Waals surface area contributed by atoms with Gasteiger partial charge in [0, 0.05) is 18.9 Å².